The first-order valence-electron chi connectivity index (χ1n) is 4.33. The van der Waals surface area contributed by atoms with Crippen molar-refractivity contribution in [2.24, 2.45) is 5.73 Å². The van der Waals surface area contributed by atoms with E-state index in [0.717, 1.165) is 5.69 Å². The minimum atomic E-state index is -1.03. The van der Waals surface area contributed by atoms with Gasteiger partial charge in [0.15, 0.2) is 0 Å². The fourth-order valence-electron chi connectivity index (χ4n) is 1.19. The number of nitrogens with two attached hydrogens (primary N) is 1. The highest BCUT2D eigenvalue weighted by molar-refractivity contribution is 5.79. The van der Waals surface area contributed by atoms with Crippen LogP contribution in [0.25, 0.3) is 0 Å². The predicted octanol–water partition coefficient (Wildman–Crippen LogP) is 0.0819. The molecule has 1 aromatic rings. The van der Waals surface area contributed by atoms with Crippen LogP contribution in [0.15, 0.2) is 12.3 Å². The molecule has 0 aliphatic heterocycles. The van der Waals surface area contributed by atoms with Gasteiger partial charge in [-0.05, 0) is 19.9 Å². The molecule has 0 fully saturated rings. The Morgan fingerprint density at radius 2 is 2.43 bits per heavy atom. The van der Waals surface area contributed by atoms with Crippen molar-refractivity contribution in [1.29, 1.82) is 0 Å². The lowest BCUT2D eigenvalue weighted by molar-refractivity contribution is -0.147. The lowest BCUT2D eigenvalue weighted by atomic mass is 10.1. The quantitative estimate of drug-likeness (QED) is 0.697. The van der Waals surface area contributed by atoms with Gasteiger partial charge in [-0.3, -0.25) is 9.48 Å². The Bertz CT molecular complexity index is 331. The summed E-state index contributed by atoms with van der Waals surface area (Å²) in [5.41, 5.74) is 5.64. The molecule has 0 bridgehead atoms. The van der Waals surface area contributed by atoms with Crippen LogP contribution in [-0.2, 0) is 16.1 Å². The van der Waals surface area contributed by atoms with E-state index in [1.54, 1.807) is 17.8 Å². The van der Waals surface area contributed by atoms with Crippen LogP contribution in [0, 0.1) is 6.92 Å². The third-order valence-electron chi connectivity index (χ3n) is 1.92. The first-order chi connectivity index (χ1) is 6.45. The molecular formula is C9H15N3O2. The molecule has 0 spiro atoms. The molecule has 78 valence electrons. The second-order valence-electron chi connectivity index (χ2n) is 3.56. The Morgan fingerprint density at radius 3 is 2.86 bits per heavy atom. The van der Waals surface area contributed by atoms with Crippen LogP contribution in [0.5, 0.6) is 0 Å². The molecule has 5 nitrogen and oxygen atoms in total. The molecule has 0 aliphatic carbocycles. The Labute approximate surface area is 82.8 Å². The monoisotopic (exact) mass is 197 g/mol. The van der Waals surface area contributed by atoms with Gasteiger partial charge in [0.2, 0.25) is 0 Å². The molecule has 1 unspecified atom stereocenters. The number of ether oxygens (including phenoxy) is 1. The van der Waals surface area contributed by atoms with E-state index in [0.29, 0.717) is 6.54 Å². The number of carbonyl (C=O) groups excluding carboxylic acids is 1. The topological polar surface area (TPSA) is 70.1 Å². The molecule has 1 atom stereocenters. The van der Waals surface area contributed by atoms with Crippen LogP contribution >= 0.6 is 0 Å². The minimum absolute atomic E-state index is 0.313. The largest absolute Gasteiger partial charge is 0.468 e. The highest BCUT2D eigenvalue weighted by Gasteiger charge is 2.30. The van der Waals surface area contributed by atoms with Gasteiger partial charge in [0.1, 0.15) is 5.54 Å². The van der Waals surface area contributed by atoms with Gasteiger partial charge in [-0.15, -0.1) is 0 Å². The molecule has 1 aromatic heterocycles. The second-order valence-corrected chi connectivity index (χ2v) is 3.56. The molecule has 0 saturated heterocycles. The van der Waals surface area contributed by atoms with Crippen LogP contribution in [0.2, 0.25) is 0 Å². The van der Waals surface area contributed by atoms with Crippen LogP contribution in [0.3, 0.4) is 0 Å². The van der Waals surface area contributed by atoms with E-state index in [9.17, 15) is 4.79 Å². The van der Waals surface area contributed by atoms with Crippen molar-refractivity contribution in [3.05, 3.63) is 18.0 Å². The average Bonchev–Trinajstić information content (AvgIpc) is 2.48. The number of carbonyl (C=O) groups is 1. The predicted molar refractivity (Wildman–Crippen MR) is 51.6 cm³/mol. The summed E-state index contributed by atoms with van der Waals surface area (Å²) in [5.74, 6) is -0.439. The van der Waals surface area contributed by atoms with E-state index in [1.165, 1.54) is 7.11 Å². The van der Waals surface area contributed by atoms with Gasteiger partial charge in [-0.25, -0.2) is 0 Å². The smallest absolute Gasteiger partial charge is 0.327 e. The molecule has 0 saturated carbocycles. The summed E-state index contributed by atoms with van der Waals surface area (Å²) in [5, 5.41) is 4.14. The molecule has 5 heteroatoms. The van der Waals surface area contributed by atoms with Gasteiger partial charge in [0.25, 0.3) is 0 Å². The Balaban J connectivity index is 2.72. The van der Waals surface area contributed by atoms with Gasteiger partial charge in [0, 0.05) is 6.20 Å². The molecule has 0 radical (unpaired) electrons. The van der Waals surface area contributed by atoms with E-state index in [2.05, 4.69) is 9.84 Å². The lowest BCUT2D eigenvalue weighted by Gasteiger charge is -2.20. The first kappa shape index (κ1) is 10.7. The zero-order chi connectivity index (χ0) is 10.8. The van der Waals surface area contributed by atoms with Gasteiger partial charge < -0.3 is 10.5 Å². The molecular weight excluding hydrogens is 182 g/mol. The van der Waals surface area contributed by atoms with Crippen molar-refractivity contribution in [2.45, 2.75) is 25.9 Å². The summed E-state index contributed by atoms with van der Waals surface area (Å²) in [6.07, 6.45) is 1.78. The number of methoxy groups -OCH3 is 1. The number of esters is 1. The number of nitrogens with zero attached hydrogens (tertiary/aromatic N) is 2. The summed E-state index contributed by atoms with van der Waals surface area (Å²) >= 11 is 0. The van der Waals surface area contributed by atoms with Crippen LogP contribution < -0.4 is 5.73 Å². The molecule has 0 aromatic carbocycles. The van der Waals surface area contributed by atoms with Crippen LogP contribution in [-0.4, -0.2) is 28.4 Å². The maximum atomic E-state index is 11.3. The lowest BCUT2D eigenvalue weighted by Crippen LogP contribution is -2.49. The molecule has 1 rings (SSSR count). The van der Waals surface area contributed by atoms with E-state index >= 15 is 0 Å². The van der Waals surface area contributed by atoms with Crippen molar-refractivity contribution in [3.8, 4) is 0 Å². The van der Waals surface area contributed by atoms with E-state index < -0.39 is 11.5 Å². The summed E-state index contributed by atoms with van der Waals surface area (Å²) < 4.78 is 6.22. The van der Waals surface area contributed by atoms with Crippen LogP contribution in [0.4, 0.5) is 0 Å². The Kier molecular flexibility index (Phi) is 2.90. The maximum absolute atomic E-state index is 11.3. The number of hydrogen-bond donors (Lipinski definition) is 1. The highest BCUT2D eigenvalue weighted by Crippen LogP contribution is 2.06. The van der Waals surface area contributed by atoms with E-state index in [4.69, 9.17) is 5.73 Å². The van der Waals surface area contributed by atoms with Gasteiger partial charge in [0.05, 0.1) is 19.3 Å². The zero-order valence-corrected chi connectivity index (χ0v) is 8.65. The summed E-state index contributed by atoms with van der Waals surface area (Å²) in [4.78, 5) is 11.3. The van der Waals surface area contributed by atoms with E-state index in [-0.39, 0.29) is 0 Å². The van der Waals surface area contributed by atoms with Crippen molar-refractivity contribution in [3.63, 3.8) is 0 Å². The zero-order valence-electron chi connectivity index (χ0n) is 8.65. The Morgan fingerprint density at radius 1 is 1.79 bits per heavy atom. The van der Waals surface area contributed by atoms with Crippen molar-refractivity contribution >= 4 is 5.97 Å². The molecule has 1 heterocycles. The van der Waals surface area contributed by atoms with Crippen molar-refractivity contribution < 1.29 is 9.53 Å². The second kappa shape index (κ2) is 3.79. The average molecular weight is 197 g/mol. The van der Waals surface area contributed by atoms with Crippen molar-refractivity contribution in [2.75, 3.05) is 7.11 Å². The van der Waals surface area contributed by atoms with E-state index in [1.807, 2.05) is 13.0 Å². The van der Waals surface area contributed by atoms with Crippen molar-refractivity contribution in [1.82, 2.24) is 9.78 Å². The number of rotatable bonds is 3. The molecule has 2 N–H and O–H groups in total. The third-order valence-corrected chi connectivity index (χ3v) is 1.92. The number of aromatic nitrogens is 2. The first-order valence-corrected chi connectivity index (χ1v) is 4.33. The normalized spacial score (nSPS) is 14.9. The minimum Gasteiger partial charge on any atom is -0.468 e. The van der Waals surface area contributed by atoms with Crippen LogP contribution in [0.1, 0.15) is 12.6 Å². The molecule has 0 amide bonds. The molecule has 14 heavy (non-hydrogen) atoms. The maximum Gasteiger partial charge on any atom is 0.327 e. The number of hydrogen-bond acceptors (Lipinski definition) is 4. The highest BCUT2D eigenvalue weighted by atomic mass is 16.5. The fourth-order valence-corrected chi connectivity index (χ4v) is 1.19. The Hall–Kier alpha value is -1.36. The third kappa shape index (κ3) is 2.32. The number of aryl methyl sites for hydroxylation is 1. The van der Waals surface area contributed by atoms with Gasteiger partial charge >= 0.3 is 5.97 Å². The van der Waals surface area contributed by atoms with Gasteiger partial charge in [-0.1, -0.05) is 0 Å². The SMILES string of the molecule is COC(=O)C(C)(N)Cn1ccc(C)n1. The summed E-state index contributed by atoms with van der Waals surface area (Å²) in [7, 11) is 1.32. The summed E-state index contributed by atoms with van der Waals surface area (Å²) in [6.45, 7) is 3.81. The fraction of sp³-hybridized carbons (Fsp3) is 0.556. The van der Waals surface area contributed by atoms with Gasteiger partial charge in [-0.2, -0.15) is 5.10 Å². The summed E-state index contributed by atoms with van der Waals surface area (Å²) in [6, 6.07) is 1.85. The standard InChI is InChI=1S/C9H15N3O2/c1-7-4-5-12(11-7)6-9(2,10)8(13)14-3/h4-5H,6,10H2,1-3H3. The molecule has 0 aliphatic rings.